The third-order valence-electron chi connectivity index (χ3n) is 10.1. The Balaban J connectivity index is 1.14. The molecule has 9 rings (SSSR count). The average molecular weight is 711 g/mol. The molecule has 2 heterocycles. The number of anilines is 3. The van der Waals surface area contributed by atoms with Crippen molar-refractivity contribution in [3.8, 4) is 27.9 Å². The first kappa shape index (κ1) is 32.6. The highest BCUT2D eigenvalue weighted by Crippen LogP contribution is 2.41. The second kappa shape index (κ2) is 12.8. The topological polar surface area (TPSA) is 21.3 Å². The number of furan rings is 1. The van der Waals surface area contributed by atoms with Gasteiger partial charge >= 0.3 is 0 Å². The average Bonchev–Trinajstić information content (AvgIpc) is 3.71. The van der Waals surface area contributed by atoms with Crippen LogP contribution in [0.15, 0.2) is 168 Å². The number of para-hydroxylation sites is 2. The molecule has 0 saturated heterocycles. The third-order valence-corrected chi connectivity index (χ3v) is 12.1. The van der Waals surface area contributed by atoms with Crippen molar-refractivity contribution in [1.29, 1.82) is 0 Å². The first-order chi connectivity index (χ1) is 25.7. The van der Waals surface area contributed by atoms with Crippen LogP contribution in [0.4, 0.5) is 25.8 Å². The highest BCUT2D eigenvalue weighted by molar-refractivity contribution is 6.88. The highest BCUT2D eigenvalue weighted by atomic mass is 28.3. The molecule has 9 aromatic rings. The molecule has 0 aliphatic carbocycles. The van der Waals surface area contributed by atoms with Crippen LogP contribution in [0.25, 0.3) is 60.9 Å². The summed E-state index contributed by atoms with van der Waals surface area (Å²) in [4.78, 5) is 1.69. The molecular weight excluding hydrogens is 675 g/mol. The van der Waals surface area contributed by atoms with E-state index in [2.05, 4.69) is 78.8 Å². The molecular formula is C47H36F2N2OSi. The molecule has 0 aliphatic rings. The van der Waals surface area contributed by atoms with Gasteiger partial charge in [-0.2, -0.15) is 0 Å². The predicted molar refractivity (Wildman–Crippen MR) is 219 cm³/mol. The van der Waals surface area contributed by atoms with Crippen molar-refractivity contribution in [3.05, 3.63) is 175 Å². The number of benzene rings is 7. The Morgan fingerprint density at radius 2 is 1.11 bits per heavy atom. The molecule has 0 N–H and O–H groups in total. The fraction of sp³-hybridized carbons (Fsp3) is 0.0638. The number of hydrogen-bond acceptors (Lipinski definition) is 2. The lowest BCUT2D eigenvalue weighted by molar-refractivity contribution is 0.587. The lowest BCUT2D eigenvalue weighted by Gasteiger charge is -2.28. The molecule has 0 spiro atoms. The zero-order valence-corrected chi connectivity index (χ0v) is 30.6. The van der Waals surface area contributed by atoms with Crippen LogP contribution in [-0.2, 0) is 0 Å². The molecule has 0 bridgehead atoms. The van der Waals surface area contributed by atoms with Crippen molar-refractivity contribution in [2.45, 2.75) is 19.6 Å². The van der Waals surface area contributed by atoms with Crippen LogP contribution >= 0.6 is 0 Å². The minimum absolute atomic E-state index is 0.0946. The number of hydrogen-bond donors (Lipinski definition) is 0. The summed E-state index contributed by atoms with van der Waals surface area (Å²) >= 11 is 0. The van der Waals surface area contributed by atoms with Crippen molar-refractivity contribution in [2.24, 2.45) is 0 Å². The summed E-state index contributed by atoms with van der Waals surface area (Å²) < 4.78 is 41.1. The van der Waals surface area contributed by atoms with Gasteiger partial charge in [-0.15, -0.1) is 0 Å². The van der Waals surface area contributed by atoms with Crippen LogP contribution in [0.5, 0.6) is 0 Å². The summed E-state index contributed by atoms with van der Waals surface area (Å²) in [5, 5.41) is 2.86. The Bertz CT molecular complexity index is 2750. The smallest absolute Gasteiger partial charge is 0.161 e. The van der Waals surface area contributed by atoms with Gasteiger partial charge in [0.25, 0.3) is 0 Å². The lowest BCUT2D eigenvalue weighted by Crippen LogP contribution is -2.38. The summed E-state index contributed by atoms with van der Waals surface area (Å²) in [6.07, 6.45) is 0. The summed E-state index contributed by atoms with van der Waals surface area (Å²) in [5.74, 6) is -1.16. The zero-order valence-electron chi connectivity index (χ0n) is 29.6. The first-order valence-corrected chi connectivity index (χ1v) is 21.3. The third kappa shape index (κ3) is 5.72. The fourth-order valence-electron chi connectivity index (χ4n) is 7.37. The van der Waals surface area contributed by atoms with Crippen LogP contribution in [-0.4, -0.2) is 12.6 Å². The van der Waals surface area contributed by atoms with Gasteiger partial charge in [-0.1, -0.05) is 116 Å². The van der Waals surface area contributed by atoms with Gasteiger partial charge in [0.2, 0.25) is 0 Å². The van der Waals surface area contributed by atoms with Crippen molar-refractivity contribution in [1.82, 2.24) is 4.57 Å². The molecule has 3 nitrogen and oxygen atoms in total. The highest BCUT2D eigenvalue weighted by Gasteiger charge is 2.26. The Morgan fingerprint density at radius 3 is 1.83 bits per heavy atom. The molecule has 0 fully saturated rings. The summed E-state index contributed by atoms with van der Waals surface area (Å²) in [6.45, 7) is 6.28. The van der Waals surface area contributed by atoms with Crippen LogP contribution < -0.4 is 10.1 Å². The Hall–Kier alpha value is -6.24. The Morgan fingerprint density at radius 1 is 0.528 bits per heavy atom. The summed E-state index contributed by atoms with van der Waals surface area (Å²) in [5.41, 5.74) is 10.1. The lowest BCUT2D eigenvalue weighted by atomic mass is 10.0. The van der Waals surface area contributed by atoms with Crippen LogP contribution in [0.2, 0.25) is 19.6 Å². The van der Waals surface area contributed by atoms with E-state index >= 15 is 8.78 Å². The molecule has 0 saturated carbocycles. The molecule has 53 heavy (non-hydrogen) atoms. The van der Waals surface area contributed by atoms with E-state index in [1.165, 1.54) is 12.1 Å². The molecule has 7 aromatic carbocycles. The van der Waals surface area contributed by atoms with Gasteiger partial charge in [-0.05, 0) is 95.1 Å². The van der Waals surface area contributed by atoms with Gasteiger partial charge in [-0.25, -0.2) is 8.78 Å². The zero-order chi connectivity index (χ0) is 36.3. The second-order valence-electron chi connectivity index (χ2n) is 14.5. The number of fused-ring (bicyclic) bond motifs is 5. The van der Waals surface area contributed by atoms with Crippen LogP contribution in [0.3, 0.4) is 0 Å². The van der Waals surface area contributed by atoms with Crippen LogP contribution in [0.1, 0.15) is 0 Å². The standard InChI is InChI=1S/C47H36F2N2OSi/c1-53(2,3)38-29-41(48)46(42(49)30-38)50(35-24-20-32(21-25-35)31-12-5-4-6-13-31)37-15-11-14-34(28-37)33-22-26-36(27-23-33)51-43-18-9-7-16-39(43)47-45(51)40-17-8-10-19-44(40)52-47/h4-30H,1-3H3. The maximum atomic E-state index is 16.2. The molecule has 0 radical (unpaired) electrons. The predicted octanol–water partition coefficient (Wildman–Crippen LogP) is 13.2. The number of halogens is 2. The van der Waals surface area contributed by atoms with E-state index in [1.807, 2.05) is 97.1 Å². The summed E-state index contributed by atoms with van der Waals surface area (Å²) in [6, 6.07) is 53.7. The second-order valence-corrected chi connectivity index (χ2v) is 19.6. The monoisotopic (exact) mass is 710 g/mol. The van der Waals surface area contributed by atoms with Crippen molar-refractivity contribution < 1.29 is 13.2 Å². The minimum atomic E-state index is -1.98. The van der Waals surface area contributed by atoms with Crippen molar-refractivity contribution in [3.63, 3.8) is 0 Å². The molecule has 2 aromatic heterocycles. The van der Waals surface area contributed by atoms with E-state index in [9.17, 15) is 0 Å². The molecule has 258 valence electrons. The van der Waals surface area contributed by atoms with E-state index in [0.717, 1.165) is 66.1 Å². The van der Waals surface area contributed by atoms with Gasteiger partial charge < -0.3 is 13.9 Å². The maximum absolute atomic E-state index is 16.2. The number of aromatic nitrogens is 1. The minimum Gasteiger partial charge on any atom is -0.454 e. The van der Waals surface area contributed by atoms with E-state index in [-0.39, 0.29) is 5.69 Å². The summed E-state index contributed by atoms with van der Waals surface area (Å²) in [7, 11) is -1.98. The molecule has 0 atom stereocenters. The Labute approximate surface area is 308 Å². The van der Waals surface area contributed by atoms with Gasteiger partial charge in [0.15, 0.2) is 5.58 Å². The SMILES string of the molecule is C[Si](C)(C)c1cc(F)c(N(c2ccc(-c3ccccc3)cc2)c2cccc(-c3ccc(-n4c5ccccc5c5oc6ccccc6c54)cc3)c2)c(F)c1. The van der Waals surface area contributed by atoms with Gasteiger partial charge in [0.05, 0.1) is 13.6 Å². The first-order valence-electron chi connectivity index (χ1n) is 17.8. The van der Waals surface area contributed by atoms with E-state index in [4.69, 9.17) is 4.42 Å². The van der Waals surface area contributed by atoms with E-state index in [1.54, 1.807) is 4.90 Å². The fourth-order valence-corrected chi connectivity index (χ4v) is 8.49. The molecule has 6 heteroatoms. The van der Waals surface area contributed by atoms with Crippen molar-refractivity contribution in [2.75, 3.05) is 4.90 Å². The maximum Gasteiger partial charge on any atom is 0.161 e. The Kier molecular flexibility index (Phi) is 7.86. The number of rotatable bonds is 7. The normalized spacial score (nSPS) is 11.9. The van der Waals surface area contributed by atoms with Gasteiger partial charge in [-0.3, -0.25) is 0 Å². The van der Waals surface area contributed by atoms with Gasteiger partial charge in [0, 0.05) is 27.8 Å². The number of nitrogens with zero attached hydrogens (tertiary/aromatic N) is 2. The molecule has 0 unspecified atom stereocenters. The van der Waals surface area contributed by atoms with E-state index in [0.29, 0.717) is 11.4 Å². The van der Waals surface area contributed by atoms with Crippen LogP contribution in [0, 0.1) is 11.6 Å². The largest absolute Gasteiger partial charge is 0.454 e. The van der Waals surface area contributed by atoms with E-state index < -0.39 is 19.7 Å². The quantitative estimate of drug-likeness (QED) is 0.154. The molecule has 0 aliphatic heterocycles. The molecule has 0 amide bonds. The van der Waals surface area contributed by atoms with Crippen molar-refractivity contribution >= 4 is 63.3 Å². The van der Waals surface area contributed by atoms with Gasteiger partial charge in [0.1, 0.15) is 28.4 Å².